The summed E-state index contributed by atoms with van der Waals surface area (Å²) in [5.41, 5.74) is 1.22. The van der Waals surface area contributed by atoms with Crippen LogP contribution in [0.5, 0.6) is 5.75 Å². The molecule has 0 aliphatic carbocycles. The van der Waals surface area contributed by atoms with Crippen LogP contribution in [0.2, 0.25) is 0 Å². The molecule has 0 spiro atoms. The second-order valence-electron chi connectivity index (χ2n) is 4.89. The van der Waals surface area contributed by atoms with Crippen LogP contribution in [0.25, 0.3) is 0 Å². The lowest BCUT2D eigenvalue weighted by Gasteiger charge is -2.41. The minimum atomic E-state index is 0.00567. The Balaban J connectivity index is 1.91. The summed E-state index contributed by atoms with van der Waals surface area (Å²) in [7, 11) is 0. The molecule has 1 aromatic rings. The summed E-state index contributed by atoms with van der Waals surface area (Å²) in [4.78, 5) is 0. The molecule has 1 unspecified atom stereocenters. The van der Waals surface area contributed by atoms with E-state index in [4.69, 9.17) is 9.47 Å². The van der Waals surface area contributed by atoms with E-state index in [0.29, 0.717) is 0 Å². The minimum Gasteiger partial charge on any atom is -0.508 e. The predicted molar refractivity (Wildman–Crippen MR) is 66.0 cm³/mol. The van der Waals surface area contributed by atoms with Gasteiger partial charge in [0, 0.05) is 5.41 Å². The summed E-state index contributed by atoms with van der Waals surface area (Å²) in [6, 6.07) is 7.23. The fourth-order valence-electron chi connectivity index (χ4n) is 1.96. The Morgan fingerprint density at radius 3 is 2.76 bits per heavy atom. The van der Waals surface area contributed by atoms with Crippen LogP contribution in [0.15, 0.2) is 24.3 Å². The van der Waals surface area contributed by atoms with Gasteiger partial charge in [-0.25, -0.2) is 0 Å². The molecule has 0 saturated carbocycles. The van der Waals surface area contributed by atoms with Gasteiger partial charge >= 0.3 is 0 Å². The van der Waals surface area contributed by atoms with Gasteiger partial charge in [0.25, 0.3) is 0 Å². The van der Waals surface area contributed by atoms with Crippen LogP contribution in [0.1, 0.15) is 31.9 Å². The van der Waals surface area contributed by atoms with Crippen molar-refractivity contribution in [1.29, 1.82) is 0 Å². The van der Waals surface area contributed by atoms with E-state index in [2.05, 4.69) is 6.92 Å². The molecule has 3 nitrogen and oxygen atoms in total. The lowest BCUT2D eigenvalue weighted by atomic mass is 9.84. The first-order valence-corrected chi connectivity index (χ1v) is 6.13. The highest BCUT2D eigenvalue weighted by atomic mass is 16.5. The minimum absolute atomic E-state index is 0.00567. The highest BCUT2D eigenvalue weighted by molar-refractivity contribution is 5.28. The molecule has 17 heavy (non-hydrogen) atoms. The summed E-state index contributed by atoms with van der Waals surface area (Å²) in [6.07, 6.45) is 1.09. The Hall–Kier alpha value is -1.06. The van der Waals surface area contributed by atoms with Gasteiger partial charge in [-0.3, -0.25) is 0 Å². The van der Waals surface area contributed by atoms with E-state index >= 15 is 0 Å². The molecule has 1 aliphatic heterocycles. The Bertz CT molecular complexity index is 366. The van der Waals surface area contributed by atoms with E-state index in [9.17, 15) is 5.11 Å². The number of aromatic hydroxyl groups is 1. The average Bonchev–Trinajstić information content (AvgIpc) is 2.28. The molecule has 1 aromatic carbocycles. The van der Waals surface area contributed by atoms with E-state index in [0.717, 1.165) is 31.8 Å². The Labute approximate surface area is 102 Å². The van der Waals surface area contributed by atoms with Crippen LogP contribution in [0.4, 0.5) is 0 Å². The third kappa shape index (κ3) is 2.79. The van der Waals surface area contributed by atoms with E-state index < -0.39 is 0 Å². The van der Waals surface area contributed by atoms with Gasteiger partial charge in [0.15, 0.2) is 0 Å². The van der Waals surface area contributed by atoms with Crippen molar-refractivity contribution in [2.24, 2.45) is 5.41 Å². The van der Waals surface area contributed by atoms with Gasteiger partial charge in [0.1, 0.15) is 5.75 Å². The average molecular weight is 236 g/mol. The van der Waals surface area contributed by atoms with Gasteiger partial charge in [-0.05, 0) is 31.0 Å². The maximum atomic E-state index is 9.42. The highest BCUT2D eigenvalue weighted by Crippen LogP contribution is 2.33. The van der Waals surface area contributed by atoms with Gasteiger partial charge in [0.05, 0.1) is 25.9 Å². The lowest BCUT2D eigenvalue weighted by Crippen LogP contribution is -2.45. The van der Waals surface area contributed by atoms with Crippen LogP contribution < -0.4 is 0 Å². The molecule has 2 rings (SSSR count). The molecule has 1 aliphatic rings. The maximum absolute atomic E-state index is 9.42. The fourth-order valence-corrected chi connectivity index (χ4v) is 1.96. The van der Waals surface area contributed by atoms with E-state index in [-0.39, 0.29) is 17.3 Å². The van der Waals surface area contributed by atoms with Crippen molar-refractivity contribution in [2.75, 3.05) is 19.8 Å². The lowest BCUT2D eigenvalue weighted by molar-refractivity contribution is -0.159. The third-order valence-electron chi connectivity index (χ3n) is 3.55. The zero-order valence-corrected chi connectivity index (χ0v) is 10.5. The third-order valence-corrected chi connectivity index (χ3v) is 3.55. The predicted octanol–water partition coefficient (Wildman–Crippen LogP) is 2.90. The fraction of sp³-hybridized carbons (Fsp3) is 0.571. The van der Waals surface area contributed by atoms with E-state index in [1.54, 1.807) is 12.1 Å². The van der Waals surface area contributed by atoms with Crippen molar-refractivity contribution in [1.82, 2.24) is 0 Å². The summed E-state index contributed by atoms with van der Waals surface area (Å²) < 4.78 is 11.2. The topological polar surface area (TPSA) is 38.7 Å². The first kappa shape index (κ1) is 12.4. The largest absolute Gasteiger partial charge is 0.508 e. The molecule has 1 N–H and O–H groups in total. The van der Waals surface area contributed by atoms with Gasteiger partial charge in [-0.15, -0.1) is 0 Å². The molecule has 3 heteroatoms. The molecular weight excluding hydrogens is 216 g/mol. The molecule has 0 aromatic heterocycles. The second-order valence-corrected chi connectivity index (χ2v) is 4.89. The van der Waals surface area contributed by atoms with Gasteiger partial charge < -0.3 is 14.6 Å². The van der Waals surface area contributed by atoms with Crippen LogP contribution in [0, 0.1) is 5.41 Å². The molecular formula is C14H20O3. The van der Waals surface area contributed by atoms with Crippen LogP contribution in [-0.2, 0) is 9.47 Å². The number of phenols is 1. The van der Waals surface area contributed by atoms with Gasteiger partial charge in [0.2, 0.25) is 0 Å². The Morgan fingerprint density at radius 2 is 2.24 bits per heavy atom. The molecule has 1 saturated heterocycles. The van der Waals surface area contributed by atoms with Crippen molar-refractivity contribution in [3.05, 3.63) is 29.8 Å². The van der Waals surface area contributed by atoms with E-state index in [1.807, 2.05) is 19.1 Å². The van der Waals surface area contributed by atoms with Crippen LogP contribution in [-0.4, -0.2) is 24.9 Å². The SMILES string of the molecule is CCC1(COC(C)c2cccc(O)c2)COC1. The molecule has 0 bridgehead atoms. The number of phenolic OH excluding ortho intramolecular Hbond substituents is 1. The Kier molecular flexibility index (Phi) is 3.69. The van der Waals surface area contributed by atoms with Gasteiger partial charge in [-0.1, -0.05) is 19.1 Å². The standard InChI is InChI=1S/C14H20O3/c1-3-14(8-16-9-14)10-17-11(2)12-5-4-6-13(15)7-12/h4-7,11,15H,3,8-10H2,1-2H3. The molecule has 1 fully saturated rings. The van der Waals surface area contributed by atoms with Crippen molar-refractivity contribution in [2.45, 2.75) is 26.4 Å². The smallest absolute Gasteiger partial charge is 0.115 e. The van der Waals surface area contributed by atoms with Gasteiger partial charge in [-0.2, -0.15) is 0 Å². The van der Waals surface area contributed by atoms with Crippen molar-refractivity contribution in [3.63, 3.8) is 0 Å². The Morgan fingerprint density at radius 1 is 1.47 bits per heavy atom. The monoisotopic (exact) mass is 236 g/mol. The molecule has 1 heterocycles. The highest BCUT2D eigenvalue weighted by Gasteiger charge is 2.37. The number of hydrogen-bond acceptors (Lipinski definition) is 3. The molecule has 0 radical (unpaired) electrons. The number of ether oxygens (including phenoxy) is 2. The zero-order chi connectivity index (χ0) is 12.3. The molecule has 0 amide bonds. The summed E-state index contributed by atoms with van der Waals surface area (Å²) >= 11 is 0. The van der Waals surface area contributed by atoms with Crippen molar-refractivity contribution < 1.29 is 14.6 Å². The van der Waals surface area contributed by atoms with Crippen LogP contribution >= 0.6 is 0 Å². The summed E-state index contributed by atoms with van der Waals surface area (Å²) in [5, 5.41) is 9.42. The van der Waals surface area contributed by atoms with Crippen molar-refractivity contribution >= 4 is 0 Å². The van der Waals surface area contributed by atoms with E-state index in [1.165, 1.54) is 0 Å². The first-order chi connectivity index (χ1) is 8.15. The second kappa shape index (κ2) is 5.07. The zero-order valence-electron chi connectivity index (χ0n) is 10.5. The van der Waals surface area contributed by atoms with Crippen LogP contribution in [0.3, 0.4) is 0 Å². The maximum Gasteiger partial charge on any atom is 0.115 e. The summed E-state index contributed by atoms with van der Waals surface area (Å²) in [5.74, 6) is 0.287. The summed E-state index contributed by atoms with van der Waals surface area (Å²) in [6.45, 7) is 6.51. The normalized spacial score (nSPS) is 19.6. The van der Waals surface area contributed by atoms with Crippen molar-refractivity contribution in [3.8, 4) is 5.75 Å². The quantitative estimate of drug-likeness (QED) is 0.854. The number of hydrogen-bond donors (Lipinski definition) is 1. The first-order valence-electron chi connectivity index (χ1n) is 6.13. The molecule has 1 atom stereocenters. The number of rotatable bonds is 5. The molecule has 94 valence electrons. The number of benzene rings is 1.